The minimum absolute atomic E-state index is 0.457. The Morgan fingerprint density at radius 2 is 1.80 bits per heavy atom. The van der Waals surface area contributed by atoms with E-state index < -0.39 is 34.0 Å². The van der Waals surface area contributed by atoms with Crippen LogP contribution in [0.2, 0.25) is 0 Å². The number of para-hydroxylation sites is 1. The molecule has 1 N–H and O–H groups in total. The number of benzene rings is 2. The largest absolute Gasteiger partial charge is 0.497 e. The first-order valence-electron chi connectivity index (χ1n) is 7.63. The molecule has 0 fully saturated rings. The second-order valence-corrected chi connectivity index (χ2v) is 7.05. The van der Waals surface area contributed by atoms with Crippen LogP contribution in [0.1, 0.15) is 17.7 Å². The van der Waals surface area contributed by atoms with Crippen molar-refractivity contribution in [3.8, 4) is 5.75 Å². The van der Waals surface area contributed by atoms with E-state index in [-0.39, 0.29) is 0 Å². The van der Waals surface area contributed by atoms with Crippen LogP contribution in [-0.4, -0.2) is 29.3 Å². The molecule has 0 bridgehead atoms. The molecule has 0 saturated carbocycles. The number of nitrogens with one attached hydrogen (secondary N) is 1. The molecule has 0 unspecified atom stereocenters. The first kappa shape index (κ1) is 17.2. The lowest BCUT2D eigenvalue weighted by Gasteiger charge is -2.23. The SMILES string of the molecule is COc1ccc([C@@H]2[C@H](OC(C)=O)C(=O)Nc3ccccc3[S@]2=O)cc1. The number of carbonyl (C=O) groups excluding carboxylic acids is 2. The zero-order chi connectivity index (χ0) is 18.0. The molecular formula is C18H17NO5S. The summed E-state index contributed by atoms with van der Waals surface area (Å²) in [5.74, 6) is -0.479. The summed E-state index contributed by atoms with van der Waals surface area (Å²) in [6.07, 6.45) is -1.20. The second kappa shape index (κ2) is 7.06. The number of fused-ring (bicyclic) bond motifs is 1. The molecular weight excluding hydrogens is 342 g/mol. The Bertz CT molecular complexity index is 834. The number of rotatable bonds is 3. The molecule has 25 heavy (non-hydrogen) atoms. The summed E-state index contributed by atoms with van der Waals surface area (Å²) in [7, 11) is -0.0526. The number of ether oxygens (including phenoxy) is 2. The van der Waals surface area contributed by atoms with Gasteiger partial charge in [-0.25, -0.2) is 0 Å². The summed E-state index contributed by atoms with van der Waals surface area (Å²) >= 11 is 0. The number of amides is 1. The van der Waals surface area contributed by atoms with Gasteiger partial charge in [0.05, 0.1) is 28.5 Å². The van der Waals surface area contributed by atoms with Crippen molar-refractivity contribution in [2.24, 2.45) is 0 Å². The third-order valence-electron chi connectivity index (χ3n) is 3.86. The lowest BCUT2D eigenvalue weighted by Crippen LogP contribution is -2.36. The lowest BCUT2D eigenvalue weighted by atomic mass is 10.1. The number of methoxy groups -OCH3 is 1. The summed E-state index contributed by atoms with van der Waals surface area (Å²) in [4.78, 5) is 24.6. The van der Waals surface area contributed by atoms with Gasteiger partial charge in [-0.05, 0) is 29.8 Å². The molecule has 1 heterocycles. The van der Waals surface area contributed by atoms with Gasteiger partial charge in [-0.1, -0.05) is 24.3 Å². The Morgan fingerprint density at radius 3 is 2.44 bits per heavy atom. The van der Waals surface area contributed by atoms with E-state index in [1.165, 1.54) is 6.92 Å². The van der Waals surface area contributed by atoms with Gasteiger partial charge in [-0.2, -0.15) is 0 Å². The van der Waals surface area contributed by atoms with Gasteiger partial charge in [0.15, 0.2) is 6.10 Å². The van der Waals surface area contributed by atoms with Crippen molar-refractivity contribution >= 4 is 28.4 Å². The summed E-state index contributed by atoms with van der Waals surface area (Å²) in [5, 5.41) is 1.88. The van der Waals surface area contributed by atoms with E-state index in [0.717, 1.165) is 0 Å². The molecule has 0 aromatic heterocycles. The molecule has 6 nitrogen and oxygen atoms in total. The summed E-state index contributed by atoms with van der Waals surface area (Å²) < 4.78 is 23.6. The highest BCUT2D eigenvalue weighted by molar-refractivity contribution is 7.85. The van der Waals surface area contributed by atoms with E-state index in [1.54, 1.807) is 55.6 Å². The summed E-state index contributed by atoms with van der Waals surface area (Å²) in [6, 6.07) is 13.7. The third kappa shape index (κ3) is 3.41. The quantitative estimate of drug-likeness (QED) is 0.851. The standard InChI is InChI=1S/C18H17NO5S/c1-11(20)24-16-17(12-7-9-13(23-2)10-8-12)25(22)15-6-4-3-5-14(15)19-18(16)21/h3-10,16-17H,1-2H3,(H,19,21)/t16-,17+,25+/m0/s1. The number of hydrogen-bond acceptors (Lipinski definition) is 5. The molecule has 1 aliphatic rings. The number of esters is 1. The van der Waals surface area contributed by atoms with Crippen molar-refractivity contribution in [2.45, 2.75) is 23.2 Å². The monoisotopic (exact) mass is 359 g/mol. The average Bonchev–Trinajstić information content (AvgIpc) is 2.70. The van der Waals surface area contributed by atoms with E-state index in [2.05, 4.69) is 5.32 Å². The van der Waals surface area contributed by atoms with Crippen LogP contribution in [-0.2, 0) is 25.1 Å². The molecule has 130 valence electrons. The minimum Gasteiger partial charge on any atom is -0.497 e. The maximum atomic E-state index is 13.2. The van der Waals surface area contributed by atoms with Crippen molar-refractivity contribution in [2.75, 3.05) is 12.4 Å². The predicted octanol–water partition coefficient (Wildman–Crippen LogP) is 2.43. The highest BCUT2D eigenvalue weighted by Crippen LogP contribution is 2.37. The van der Waals surface area contributed by atoms with Gasteiger partial charge in [0, 0.05) is 6.92 Å². The maximum absolute atomic E-state index is 13.2. The van der Waals surface area contributed by atoms with Crippen molar-refractivity contribution in [3.63, 3.8) is 0 Å². The Kier molecular flexibility index (Phi) is 4.85. The minimum atomic E-state index is -1.60. The van der Waals surface area contributed by atoms with Crippen molar-refractivity contribution in [1.82, 2.24) is 0 Å². The van der Waals surface area contributed by atoms with Crippen LogP contribution in [0.4, 0.5) is 5.69 Å². The zero-order valence-corrected chi connectivity index (χ0v) is 14.5. The molecule has 0 aliphatic carbocycles. The summed E-state index contributed by atoms with van der Waals surface area (Å²) in [5.41, 5.74) is 1.08. The molecule has 7 heteroatoms. The normalized spacial score (nSPS) is 22.3. The molecule has 1 aliphatic heterocycles. The smallest absolute Gasteiger partial charge is 0.303 e. The van der Waals surface area contributed by atoms with Crippen LogP contribution >= 0.6 is 0 Å². The van der Waals surface area contributed by atoms with Gasteiger partial charge in [-0.15, -0.1) is 0 Å². The molecule has 0 spiro atoms. The van der Waals surface area contributed by atoms with Gasteiger partial charge in [0.2, 0.25) is 0 Å². The fraction of sp³-hybridized carbons (Fsp3) is 0.222. The number of anilines is 1. The first-order chi connectivity index (χ1) is 12.0. The van der Waals surface area contributed by atoms with Crippen LogP contribution in [0.3, 0.4) is 0 Å². The molecule has 3 atom stereocenters. The Balaban J connectivity index is 2.12. The molecule has 3 rings (SSSR count). The van der Waals surface area contributed by atoms with Gasteiger partial charge in [0.25, 0.3) is 5.91 Å². The highest BCUT2D eigenvalue weighted by Gasteiger charge is 2.41. The summed E-state index contributed by atoms with van der Waals surface area (Å²) in [6.45, 7) is 1.22. The zero-order valence-electron chi connectivity index (χ0n) is 13.7. The third-order valence-corrected chi connectivity index (χ3v) is 5.63. The van der Waals surface area contributed by atoms with Crippen molar-refractivity contribution in [1.29, 1.82) is 0 Å². The fourth-order valence-electron chi connectivity index (χ4n) is 2.72. The molecule has 2 aromatic carbocycles. The Labute approximate surface area is 147 Å². The van der Waals surface area contributed by atoms with Crippen LogP contribution < -0.4 is 10.1 Å². The topological polar surface area (TPSA) is 81.7 Å². The van der Waals surface area contributed by atoms with Gasteiger partial charge < -0.3 is 14.8 Å². The highest BCUT2D eigenvalue weighted by atomic mass is 32.2. The molecule has 1 amide bonds. The predicted molar refractivity (Wildman–Crippen MR) is 92.8 cm³/mol. The maximum Gasteiger partial charge on any atom is 0.303 e. The molecule has 0 radical (unpaired) electrons. The average molecular weight is 359 g/mol. The first-order valence-corrected chi connectivity index (χ1v) is 8.84. The lowest BCUT2D eigenvalue weighted by molar-refractivity contribution is -0.152. The van der Waals surface area contributed by atoms with Gasteiger partial charge in [0.1, 0.15) is 11.0 Å². The van der Waals surface area contributed by atoms with Crippen LogP contribution in [0.15, 0.2) is 53.4 Å². The van der Waals surface area contributed by atoms with E-state index in [1.807, 2.05) is 0 Å². The van der Waals surface area contributed by atoms with Crippen molar-refractivity contribution < 1.29 is 23.3 Å². The van der Waals surface area contributed by atoms with E-state index in [0.29, 0.717) is 21.9 Å². The fourth-order valence-corrected chi connectivity index (χ4v) is 4.35. The van der Waals surface area contributed by atoms with Crippen LogP contribution in [0, 0.1) is 0 Å². The van der Waals surface area contributed by atoms with Crippen LogP contribution in [0.25, 0.3) is 0 Å². The van der Waals surface area contributed by atoms with Gasteiger partial charge in [-0.3, -0.25) is 13.8 Å². The van der Waals surface area contributed by atoms with E-state index >= 15 is 0 Å². The van der Waals surface area contributed by atoms with Gasteiger partial charge >= 0.3 is 5.97 Å². The second-order valence-electron chi connectivity index (χ2n) is 5.51. The number of hydrogen-bond donors (Lipinski definition) is 1. The van der Waals surface area contributed by atoms with E-state index in [4.69, 9.17) is 9.47 Å². The number of carbonyl (C=O) groups is 2. The molecule has 2 aromatic rings. The van der Waals surface area contributed by atoms with Crippen molar-refractivity contribution in [3.05, 3.63) is 54.1 Å². The Morgan fingerprint density at radius 1 is 1.12 bits per heavy atom. The van der Waals surface area contributed by atoms with Crippen LogP contribution in [0.5, 0.6) is 5.75 Å². The Hall–Kier alpha value is -2.67. The molecule has 0 saturated heterocycles. The van der Waals surface area contributed by atoms with E-state index in [9.17, 15) is 13.8 Å².